The first-order chi connectivity index (χ1) is 9.47. The summed E-state index contributed by atoms with van der Waals surface area (Å²) < 4.78 is 6.92. The fraction of sp³-hybridized carbons (Fsp3) is 0.357. The molecule has 0 bridgehead atoms. The molecule has 2 rings (SSSR count). The molecule has 2 heterocycles. The lowest BCUT2D eigenvalue weighted by molar-refractivity contribution is 0.0689. The lowest BCUT2D eigenvalue weighted by Gasteiger charge is -2.07. The predicted octanol–water partition coefficient (Wildman–Crippen LogP) is 2.95. The quantitative estimate of drug-likeness (QED) is 0.933. The summed E-state index contributed by atoms with van der Waals surface area (Å²) in [6, 6.07) is 3.31. The number of carboxylic acids is 1. The summed E-state index contributed by atoms with van der Waals surface area (Å²) in [5, 5.41) is 12.7. The maximum absolute atomic E-state index is 10.8. The number of nitrogens with zero attached hydrogens (tertiary/aromatic N) is 3. The summed E-state index contributed by atoms with van der Waals surface area (Å²) in [5.74, 6) is -0.304. The van der Waals surface area contributed by atoms with Crippen LogP contribution in [0.2, 0.25) is 0 Å². The van der Waals surface area contributed by atoms with E-state index in [1.165, 1.54) is 10.7 Å². The second-order valence-corrected chi connectivity index (χ2v) is 4.03. The molecule has 0 amide bonds. The zero-order valence-corrected chi connectivity index (χ0v) is 12.3. The number of hydrogen-bond acceptors (Lipinski definition) is 4. The van der Waals surface area contributed by atoms with Gasteiger partial charge in [-0.1, -0.05) is 13.8 Å². The summed E-state index contributed by atoms with van der Waals surface area (Å²) in [7, 11) is 1.62. The highest BCUT2D eigenvalue weighted by molar-refractivity contribution is 5.85. The molecule has 0 unspecified atom stereocenters. The number of carbonyl (C=O) groups is 1. The van der Waals surface area contributed by atoms with Crippen molar-refractivity contribution in [2.45, 2.75) is 27.7 Å². The monoisotopic (exact) mass is 277 g/mol. The average molecular weight is 277 g/mol. The first kappa shape index (κ1) is 15.7. The van der Waals surface area contributed by atoms with Gasteiger partial charge in [0.15, 0.2) is 5.69 Å². The number of rotatable bonds is 3. The number of aromatic nitrogens is 3. The Morgan fingerprint density at radius 3 is 2.45 bits per heavy atom. The molecule has 108 valence electrons. The summed E-state index contributed by atoms with van der Waals surface area (Å²) in [4.78, 5) is 14.9. The van der Waals surface area contributed by atoms with Gasteiger partial charge in [0.25, 0.3) is 0 Å². The average Bonchev–Trinajstić information content (AvgIpc) is 2.77. The molecule has 0 spiro atoms. The molecule has 0 fully saturated rings. The van der Waals surface area contributed by atoms with E-state index >= 15 is 0 Å². The Labute approximate surface area is 118 Å². The summed E-state index contributed by atoms with van der Waals surface area (Å²) in [6.07, 6.45) is 1.69. The minimum Gasteiger partial charge on any atom is -0.476 e. The summed E-state index contributed by atoms with van der Waals surface area (Å²) in [5.41, 5.74) is 1.86. The van der Waals surface area contributed by atoms with Gasteiger partial charge in [0.05, 0.1) is 0 Å². The van der Waals surface area contributed by atoms with Crippen LogP contribution < -0.4 is 4.74 Å². The topological polar surface area (TPSA) is 77.2 Å². The predicted molar refractivity (Wildman–Crippen MR) is 75.3 cm³/mol. The fourth-order valence-corrected chi connectivity index (χ4v) is 1.56. The first-order valence-corrected chi connectivity index (χ1v) is 6.36. The van der Waals surface area contributed by atoms with Crippen molar-refractivity contribution in [2.75, 3.05) is 0 Å². The maximum atomic E-state index is 10.8. The van der Waals surface area contributed by atoms with E-state index in [1.54, 1.807) is 13.2 Å². The molecule has 0 aromatic carbocycles. The van der Waals surface area contributed by atoms with Gasteiger partial charge in [0.2, 0.25) is 11.8 Å². The minimum absolute atomic E-state index is 0.0581. The number of hydrogen-bond donors (Lipinski definition) is 1. The molecule has 0 radical (unpaired) electrons. The van der Waals surface area contributed by atoms with Crippen LogP contribution in [0.5, 0.6) is 11.8 Å². The molecule has 0 aliphatic carbocycles. The Morgan fingerprint density at radius 1 is 1.30 bits per heavy atom. The smallest absolute Gasteiger partial charge is 0.356 e. The van der Waals surface area contributed by atoms with E-state index in [0.29, 0.717) is 11.8 Å². The van der Waals surface area contributed by atoms with Crippen molar-refractivity contribution in [1.29, 1.82) is 0 Å². The largest absolute Gasteiger partial charge is 0.476 e. The lowest BCUT2D eigenvalue weighted by atomic mass is 10.2. The molecule has 0 atom stereocenters. The van der Waals surface area contributed by atoms with Crippen molar-refractivity contribution < 1.29 is 14.6 Å². The van der Waals surface area contributed by atoms with Gasteiger partial charge in [-0.2, -0.15) is 5.10 Å². The van der Waals surface area contributed by atoms with E-state index in [0.717, 1.165) is 11.1 Å². The molecular formula is C14H19N3O3. The van der Waals surface area contributed by atoms with Crippen LogP contribution in [0, 0.1) is 13.8 Å². The Bertz CT molecular complexity index is 606. The number of pyridine rings is 1. The van der Waals surface area contributed by atoms with Gasteiger partial charge in [-0.05, 0) is 25.5 Å². The highest BCUT2D eigenvalue weighted by Gasteiger charge is 2.13. The van der Waals surface area contributed by atoms with E-state index in [9.17, 15) is 4.79 Å². The summed E-state index contributed by atoms with van der Waals surface area (Å²) in [6.45, 7) is 7.82. The molecule has 0 aliphatic heterocycles. The van der Waals surface area contributed by atoms with E-state index in [1.807, 2.05) is 33.8 Å². The van der Waals surface area contributed by atoms with Crippen LogP contribution >= 0.6 is 0 Å². The molecule has 2 aromatic heterocycles. The molecule has 2 aromatic rings. The molecule has 20 heavy (non-hydrogen) atoms. The number of carboxylic acid groups (broad SMARTS) is 1. The van der Waals surface area contributed by atoms with Crippen LogP contribution in [0.25, 0.3) is 0 Å². The molecule has 6 nitrogen and oxygen atoms in total. The third-order valence-corrected chi connectivity index (χ3v) is 2.42. The number of ether oxygens (including phenoxy) is 1. The van der Waals surface area contributed by atoms with E-state index in [-0.39, 0.29) is 5.69 Å². The van der Waals surface area contributed by atoms with Gasteiger partial charge in [-0.15, -0.1) is 0 Å². The normalized spacial score (nSPS) is 9.65. The van der Waals surface area contributed by atoms with Crippen LogP contribution in [-0.4, -0.2) is 25.8 Å². The summed E-state index contributed by atoms with van der Waals surface area (Å²) >= 11 is 0. The van der Waals surface area contributed by atoms with Crippen LogP contribution in [0.1, 0.15) is 35.5 Å². The second kappa shape index (κ2) is 6.70. The van der Waals surface area contributed by atoms with Gasteiger partial charge in [-0.25, -0.2) is 14.5 Å². The molecule has 0 saturated heterocycles. The van der Waals surface area contributed by atoms with Crippen LogP contribution in [0.15, 0.2) is 18.3 Å². The van der Waals surface area contributed by atoms with Crippen molar-refractivity contribution in [1.82, 2.24) is 14.8 Å². The zero-order chi connectivity index (χ0) is 15.3. The Kier molecular flexibility index (Phi) is 5.25. The van der Waals surface area contributed by atoms with Crippen molar-refractivity contribution in [3.63, 3.8) is 0 Å². The Hall–Kier alpha value is -2.37. The number of aromatic carboxylic acids is 1. The molecule has 1 N–H and O–H groups in total. The Balaban J connectivity index is 0.000000956. The third-order valence-electron chi connectivity index (χ3n) is 2.42. The third kappa shape index (κ3) is 3.57. The standard InChI is InChI=1S/C12H13N3O3.C2H6/c1-7-4-8(2)11(13-6-7)18-10-5-9(12(16)17)14-15(10)3;1-2/h4-6H,1-3H3,(H,16,17);1-2H3. The van der Waals surface area contributed by atoms with Gasteiger partial charge in [-0.3, -0.25) is 0 Å². The Morgan fingerprint density at radius 2 is 1.95 bits per heavy atom. The maximum Gasteiger partial charge on any atom is 0.356 e. The van der Waals surface area contributed by atoms with Crippen molar-refractivity contribution in [3.8, 4) is 11.8 Å². The highest BCUT2D eigenvalue weighted by Crippen LogP contribution is 2.23. The van der Waals surface area contributed by atoms with Crippen LogP contribution in [-0.2, 0) is 7.05 Å². The molecule has 0 saturated carbocycles. The minimum atomic E-state index is -1.09. The molecular weight excluding hydrogens is 258 g/mol. The van der Waals surface area contributed by atoms with E-state index < -0.39 is 5.97 Å². The van der Waals surface area contributed by atoms with Crippen LogP contribution in [0.3, 0.4) is 0 Å². The fourth-order valence-electron chi connectivity index (χ4n) is 1.56. The van der Waals surface area contributed by atoms with Gasteiger partial charge >= 0.3 is 5.97 Å². The van der Waals surface area contributed by atoms with Gasteiger partial charge < -0.3 is 9.84 Å². The van der Waals surface area contributed by atoms with Gasteiger partial charge in [0.1, 0.15) is 0 Å². The van der Waals surface area contributed by atoms with E-state index in [4.69, 9.17) is 9.84 Å². The van der Waals surface area contributed by atoms with Crippen molar-refractivity contribution in [2.24, 2.45) is 7.05 Å². The van der Waals surface area contributed by atoms with Crippen molar-refractivity contribution in [3.05, 3.63) is 35.2 Å². The highest BCUT2D eigenvalue weighted by atomic mass is 16.5. The number of aryl methyl sites for hydroxylation is 3. The lowest BCUT2D eigenvalue weighted by Crippen LogP contribution is -2.00. The zero-order valence-electron chi connectivity index (χ0n) is 12.3. The van der Waals surface area contributed by atoms with Gasteiger partial charge in [0, 0.05) is 24.9 Å². The second-order valence-electron chi connectivity index (χ2n) is 4.03. The SMILES string of the molecule is CC.Cc1cnc(Oc2cc(C(=O)O)nn2C)c(C)c1. The molecule has 0 aliphatic rings. The van der Waals surface area contributed by atoms with Crippen molar-refractivity contribution >= 4 is 5.97 Å². The van der Waals surface area contributed by atoms with E-state index in [2.05, 4.69) is 10.1 Å². The first-order valence-electron chi connectivity index (χ1n) is 6.36. The molecule has 6 heteroatoms. The van der Waals surface area contributed by atoms with Crippen LogP contribution in [0.4, 0.5) is 0 Å².